The molecule has 0 aliphatic rings. The maximum Gasteiger partial charge on any atom is 0.116 e. The number of aliphatic hydroxyl groups excluding tert-OH is 1. The summed E-state index contributed by atoms with van der Waals surface area (Å²) in [5.41, 5.74) is 0. The van der Waals surface area contributed by atoms with Crippen LogP contribution < -0.4 is 0 Å². The second kappa shape index (κ2) is 8.56. The van der Waals surface area contributed by atoms with Gasteiger partial charge in [0.25, 0.3) is 0 Å². The molecule has 0 fully saturated rings. The average Bonchev–Trinajstić information content (AvgIpc) is 2.64. The van der Waals surface area contributed by atoms with Gasteiger partial charge in [-0.15, -0.1) is 0 Å². The summed E-state index contributed by atoms with van der Waals surface area (Å²) < 4.78 is 0. The normalized spacial score (nSPS) is 9.58. The number of rotatable bonds is 0. The van der Waals surface area contributed by atoms with E-state index in [0.29, 0.717) is 0 Å². The predicted molar refractivity (Wildman–Crippen MR) is 99.4 cm³/mol. The summed E-state index contributed by atoms with van der Waals surface area (Å²) in [5, 5.41) is 29.7. The number of phenolic OH excluding ortho intramolecular Hbond substituents is 2. The predicted octanol–water partition coefficient (Wildman–Crippen LogP) is 4.70. The van der Waals surface area contributed by atoms with E-state index in [9.17, 15) is 0 Å². The number of aliphatic hydroxyl groups is 1. The van der Waals surface area contributed by atoms with Crippen LogP contribution in [0.4, 0.5) is 0 Å². The van der Waals surface area contributed by atoms with E-state index in [4.69, 9.17) is 15.3 Å². The van der Waals surface area contributed by atoms with Crippen molar-refractivity contribution in [3.8, 4) is 11.5 Å². The van der Waals surface area contributed by atoms with E-state index in [2.05, 4.69) is 48.5 Å². The molecule has 3 N–H and O–H groups in total. The van der Waals surface area contributed by atoms with E-state index in [1.54, 1.807) is 24.3 Å². The Labute approximate surface area is 141 Å². The SMILES string of the molecule is CO.Oc1ccc2ccc(O)cc2c1.c1ccc2ccccc2c1. The summed E-state index contributed by atoms with van der Waals surface area (Å²) in [5.74, 6) is 0.432. The third kappa shape index (κ3) is 4.48. The van der Waals surface area contributed by atoms with Gasteiger partial charge in [-0.1, -0.05) is 60.7 Å². The lowest BCUT2D eigenvalue weighted by molar-refractivity contribution is 0.399. The van der Waals surface area contributed by atoms with Crippen LogP contribution in [0.15, 0.2) is 84.9 Å². The first-order valence-electron chi connectivity index (χ1n) is 7.53. The molecule has 0 radical (unpaired) electrons. The minimum atomic E-state index is 0.216. The molecular formula is C21H20O3. The lowest BCUT2D eigenvalue weighted by Crippen LogP contribution is -1.71. The Morgan fingerprint density at radius 2 is 0.792 bits per heavy atom. The largest absolute Gasteiger partial charge is 0.508 e. The maximum absolute atomic E-state index is 9.14. The molecule has 0 amide bonds. The summed E-state index contributed by atoms with van der Waals surface area (Å²) in [4.78, 5) is 0. The van der Waals surface area contributed by atoms with Gasteiger partial charge in [-0.2, -0.15) is 0 Å². The third-order valence-corrected chi connectivity index (χ3v) is 3.47. The van der Waals surface area contributed by atoms with E-state index in [0.717, 1.165) is 17.9 Å². The first kappa shape index (κ1) is 17.3. The minimum absolute atomic E-state index is 0.216. The van der Waals surface area contributed by atoms with Gasteiger partial charge in [0.1, 0.15) is 11.5 Å². The molecule has 0 bridgehead atoms. The van der Waals surface area contributed by atoms with Crippen LogP contribution in [0.2, 0.25) is 0 Å². The molecule has 4 aromatic carbocycles. The second-order valence-corrected chi connectivity index (χ2v) is 5.06. The van der Waals surface area contributed by atoms with Crippen LogP contribution in [-0.2, 0) is 0 Å². The Hall–Kier alpha value is -3.04. The Morgan fingerprint density at radius 1 is 0.458 bits per heavy atom. The van der Waals surface area contributed by atoms with Gasteiger partial charge in [0, 0.05) is 7.11 Å². The van der Waals surface area contributed by atoms with E-state index in [1.807, 2.05) is 12.1 Å². The first-order valence-corrected chi connectivity index (χ1v) is 7.53. The van der Waals surface area contributed by atoms with Crippen LogP contribution in [-0.4, -0.2) is 22.4 Å². The third-order valence-electron chi connectivity index (χ3n) is 3.47. The van der Waals surface area contributed by atoms with Crippen LogP contribution in [0.5, 0.6) is 11.5 Å². The first-order chi connectivity index (χ1) is 11.7. The Bertz CT molecular complexity index is 814. The number of hydrogen-bond donors (Lipinski definition) is 3. The number of aromatic hydroxyl groups is 2. The fraction of sp³-hybridized carbons (Fsp3) is 0.0476. The molecule has 0 unspecified atom stereocenters. The standard InChI is InChI=1S/C10H8O2.C10H8.CH4O/c11-9-3-1-7-2-4-10(12)6-8(7)5-9;1-2-6-10-8-4-3-7-9(10)5-1;1-2/h1-6,11-12H;1-8H;2H,1H3. The topological polar surface area (TPSA) is 60.7 Å². The van der Waals surface area contributed by atoms with Crippen molar-refractivity contribution in [3.63, 3.8) is 0 Å². The van der Waals surface area contributed by atoms with E-state index in [-0.39, 0.29) is 11.5 Å². The zero-order valence-electron chi connectivity index (χ0n) is 13.4. The monoisotopic (exact) mass is 320 g/mol. The highest BCUT2D eigenvalue weighted by Crippen LogP contribution is 2.23. The summed E-state index contributed by atoms with van der Waals surface area (Å²) in [7, 11) is 1.00. The smallest absolute Gasteiger partial charge is 0.116 e. The van der Waals surface area contributed by atoms with E-state index in [1.165, 1.54) is 10.8 Å². The molecule has 0 saturated carbocycles. The molecule has 3 heteroatoms. The lowest BCUT2D eigenvalue weighted by atomic mass is 10.1. The van der Waals surface area contributed by atoms with E-state index >= 15 is 0 Å². The highest BCUT2D eigenvalue weighted by molar-refractivity contribution is 5.85. The Kier molecular flexibility index (Phi) is 6.17. The van der Waals surface area contributed by atoms with Crippen LogP contribution in [0.25, 0.3) is 21.5 Å². The van der Waals surface area contributed by atoms with Crippen molar-refractivity contribution in [2.45, 2.75) is 0 Å². The average molecular weight is 320 g/mol. The molecule has 0 atom stereocenters. The van der Waals surface area contributed by atoms with Crippen LogP contribution >= 0.6 is 0 Å². The molecule has 3 nitrogen and oxygen atoms in total. The molecule has 122 valence electrons. The maximum atomic E-state index is 9.14. The van der Waals surface area contributed by atoms with Crippen LogP contribution in [0, 0.1) is 0 Å². The fourth-order valence-electron chi connectivity index (χ4n) is 2.35. The summed E-state index contributed by atoms with van der Waals surface area (Å²) >= 11 is 0. The number of fused-ring (bicyclic) bond motifs is 2. The molecule has 0 aromatic heterocycles. The summed E-state index contributed by atoms with van der Waals surface area (Å²) in [6.07, 6.45) is 0. The van der Waals surface area contributed by atoms with Crippen molar-refractivity contribution >= 4 is 21.5 Å². The number of hydrogen-bond acceptors (Lipinski definition) is 3. The van der Waals surface area contributed by atoms with Crippen molar-refractivity contribution < 1.29 is 15.3 Å². The summed E-state index contributed by atoms with van der Waals surface area (Å²) in [6, 6.07) is 26.8. The van der Waals surface area contributed by atoms with Gasteiger partial charge in [0.2, 0.25) is 0 Å². The van der Waals surface area contributed by atoms with Crippen molar-refractivity contribution in [2.24, 2.45) is 0 Å². The fourth-order valence-corrected chi connectivity index (χ4v) is 2.35. The molecule has 0 heterocycles. The van der Waals surface area contributed by atoms with Gasteiger partial charge >= 0.3 is 0 Å². The molecule has 0 aliphatic carbocycles. The Morgan fingerprint density at radius 3 is 1.17 bits per heavy atom. The van der Waals surface area contributed by atoms with Crippen LogP contribution in [0.1, 0.15) is 0 Å². The molecule has 24 heavy (non-hydrogen) atoms. The van der Waals surface area contributed by atoms with Gasteiger partial charge < -0.3 is 15.3 Å². The zero-order valence-corrected chi connectivity index (χ0v) is 13.4. The number of benzene rings is 4. The molecule has 4 aromatic rings. The van der Waals surface area contributed by atoms with Gasteiger partial charge in [-0.3, -0.25) is 0 Å². The lowest BCUT2D eigenvalue weighted by Gasteiger charge is -1.98. The molecular weight excluding hydrogens is 300 g/mol. The van der Waals surface area contributed by atoms with Gasteiger partial charge in [0.05, 0.1) is 0 Å². The van der Waals surface area contributed by atoms with Crippen molar-refractivity contribution in [1.82, 2.24) is 0 Å². The minimum Gasteiger partial charge on any atom is -0.508 e. The van der Waals surface area contributed by atoms with Crippen molar-refractivity contribution in [2.75, 3.05) is 7.11 Å². The molecule has 0 saturated heterocycles. The van der Waals surface area contributed by atoms with Gasteiger partial charge in [0.15, 0.2) is 0 Å². The van der Waals surface area contributed by atoms with Crippen molar-refractivity contribution in [3.05, 3.63) is 84.9 Å². The highest BCUT2D eigenvalue weighted by atomic mass is 16.3. The molecule has 4 rings (SSSR count). The van der Waals surface area contributed by atoms with Gasteiger partial charge in [-0.05, 0) is 45.8 Å². The van der Waals surface area contributed by atoms with Crippen LogP contribution in [0.3, 0.4) is 0 Å². The molecule has 0 spiro atoms. The highest BCUT2D eigenvalue weighted by Gasteiger charge is 1.95. The summed E-state index contributed by atoms with van der Waals surface area (Å²) in [6.45, 7) is 0. The number of phenols is 2. The molecule has 0 aliphatic heterocycles. The van der Waals surface area contributed by atoms with Gasteiger partial charge in [-0.25, -0.2) is 0 Å². The quantitative estimate of drug-likeness (QED) is 0.440. The van der Waals surface area contributed by atoms with Crippen molar-refractivity contribution in [1.29, 1.82) is 0 Å². The Balaban J connectivity index is 0.000000160. The zero-order chi connectivity index (χ0) is 17.4. The second-order valence-electron chi connectivity index (χ2n) is 5.06. The van der Waals surface area contributed by atoms with E-state index < -0.39 is 0 Å².